The Morgan fingerprint density at radius 3 is 1.43 bits per heavy atom. The zero-order valence-corrected chi connectivity index (χ0v) is 13.3. The van der Waals surface area contributed by atoms with E-state index in [2.05, 4.69) is 0 Å². The van der Waals surface area contributed by atoms with Crippen molar-refractivity contribution in [3.8, 4) is 0 Å². The van der Waals surface area contributed by atoms with E-state index in [1.807, 2.05) is 0 Å². The molecule has 0 bridgehead atoms. The maximum atomic E-state index is 11.9. The van der Waals surface area contributed by atoms with Crippen molar-refractivity contribution in [1.29, 1.82) is 0 Å². The van der Waals surface area contributed by atoms with Gasteiger partial charge >= 0.3 is 0 Å². The number of aliphatic hydroxyl groups is 5. The van der Waals surface area contributed by atoms with Gasteiger partial charge in [-0.2, -0.15) is 0 Å². The van der Waals surface area contributed by atoms with Crippen LogP contribution in [-0.4, -0.2) is 89.5 Å². The second-order valence-electron chi connectivity index (χ2n) is 4.49. The molecule has 0 radical (unpaired) electrons. The molecule has 0 aromatic heterocycles. The third-order valence-electron chi connectivity index (χ3n) is 3.07. The third-order valence-corrected chi connectivity index (χ3v) is 8.41. The summed E-state index contributed by atoms with van der Waals surface area (Å²) in [4.78, 5) is 0. The van der Waals surface area contributed by atoms with Gasteiger partial charge in [-0.05, 0) is 0 Å². The first kappa shape index (κ1) is 20.7. The SMILES string of the molecule is CCS(=O)(=O)C(C(O)C(O)C(O)C(O)CO)S(=O)(=O)CC. The molecule has 0 spiro atoms. The van der Waals surface area contributed by atoms with Crippen LogP contribution in [0.4, 0.5) is 0 Å². The molecule has 0 rings (SSSR count). The summed E-state index contributed by atoms with van der Waals surface area (Å²) in [5, 5.41) is 46.8. The van der Waals surface area contributed by atoms with Gasteiger partial charge in [0, 0.05) is 11.5 Å². The predicted molar refractivity (Wildman–Crippen MR) is 73.8 cm³/mol. The number of hydrogen-bond donors (Lipinski definition) is 5. The Morgan fingerprint density at radius 1 is 0.762 bits per heavy atom. The Labute approximate surface area is 123 Å². The zero-order valence-electron chi connectivity index (χ0n) is 11.7. The molecule has 0 aliphatic rings. The first-order chi connectivity index (χ1) is 9.46. The quantitative estimate of drug-likeness (QED) is 0.285. The Hall–Kier alpha value is -0.300. The molecule has 11 heteroatoms. The second-order valence-corrected chi connectivity index (χ2v) is 9.61. The average Bonchev–Trinajstić information content (AvgIpc) is 2.44. The third kappa shape index (κ3) is 4.84. The average molecular weight is 350 g/mol. The van der Waals surface area contributed by atoms with Gasteiger partial charge in [-0.3, -0.25) is 0 Å². The Morgan fingerprint density at radius 2 is 1.14 bits per heavy atom. The summed E-state index contributed by atoms with van der Waals surface area (Å²) in [5.41, 5.74) is 0. The molecule has 0 saturated carbocycles. The molecule has 0 aromatic carbocycles. The summed E-state index contributed by atoms with van der Waals surface area (Å²) in [6, 6.07) is 0. The van der Waals surface area contributed by atoms with Crippen molar-refractivity contribution in [3.05, 3.63) is 0 Å². The minimum Gasteiger partial charge on any atom is -0.394 e. The molecule has 0 saturated heterocycles. The number of aliphatic hydroxyl groups excluding tert-OH is 5. The number of rotatable bonds is 9. The highest BCUT2D eigenvalue weighted by Crippen LogP contribution is 2.21. The van der Waals surface area contributed by atoms with Crippen LogP contribution in [0.5, 0.6) is 0 Å². The zero-order chi connectivity index (χ0) is 17.0. The molecule has 0 aromatic rings. The van der Waals surface area contributed by atoms with Crippen LogP contribution in [0.25, 0.3) is 0 Å². The summed E-state index contributed by atoms with van der Waals surface area (Å²) in [6.45, 7) is 1.38. The van der Waals surface area contributed by atoms with E-state index in [-0.39, 0.29) is 0 Å². The monoisotopic (exact) mass is 350 g/mol. The van der Waals surface area contributed by atoms with E-state index >= 15 is 0 Å². The molecular weight excluding hydrogens is 328 g/mol. The molecule has 0 fully saturated rings. The van der Waals surface area contributed by atoms with Crippen LogP contribution in [0, 0.1) is 0 Å². The van der Waals surface area contributed by atoms with E-state index < -0.39 is 66.8 Å². The van der Waals surface area contributed by atoms with Gasteiger partial charge < -0.3 is 25.5 Å². The van der Waals surface area contributed by atoms with E-state index in [9.17, 15) is 37.3 Å². The van der Waals surface area contributed by atoms with E-state index in [4.69, 9.17) is 5.11 Å². The lowest BCUT2D eigenvalue weighted by atomic mass is 10.0. The fourth-order valence-electron chi connectivity index (χ4n) is 1.68. The molecule has 0 heterocycles. The summed E-state index contributed by atoms with van der Waals surface area (Å²) in [7, 11) is -8.59. The lowest BCUT2D eigenvalue weighted by Gasteiger charge is -2.30. The minimum absolute atomic E-state index is 0.598. The van der Waals surface area contributed by atoms with Crippen LogP contribution in [0.1, 0.15) is 13.8 Å². The predicted octanol–water partition coefficient (Wildman–Crippen LogP) is -3.38. The van der Waals surface area contributed by atoms with Crippen molar-refractivity contribution in [1.82, 2.24) is 0 Å². The van der Waals surface area contributed by atoms with Gasteiger partial charge in [0.2, 0.25) is 0 Å². The second kappa shape index (κ2) is 7.81. The fraction of sp³-hybridized carbons (Fsp3) is 1.00. The maximum Gasteiger partial charge on any atom is 0.191 e. The summed E-state index contributed by atoms with van der Waals surface area (Å²) >= 11 is 0. The van der Waals surface area contributed by atoms with Crippen LogP contribution in [0.3, 0.4) is 0 Å². The van der Waals surface area contributed by atoms with Gasteiger partial charge in [0.25, 0.3) is 0 Å². The Balaban J connectivity index is 5.67. The lowest BCUT2D eigenvalue weighted by molar-refractivity contribution is -0.111. The molecule has 0 aliphatic carbocycles. The molecule has 9 nitrogen and oxygen atoms in total. The van der Waals surface area contributed by atoms with Crippen molar-refractivity contribution in [2.75, 3.05) is 18.1 Å². The molecule has 128 valence electrons. The molecule has 0 amide bonds. The maximum absolute atomic E-state index is 11.9. The highest BCUT2D eigenvalue weighted by Gasteiger charge is 2.46. The van der Waals surface area contributed by atoms with Crippen LogP contribution in [-0.2, 0) is 19.7 Å². The topological polar surface area (TPSA) is 169 Å². The van der Waals surface area contributed by atoms with Crippen molar-refractivity contribution in [2.45, 2.75) is 42.8 Å². The lowest BCUT2D eigenvalue weighted by Crippen LogP contribution is -2.54. The first-order valence-corrected chi connectivity index (χ1v) is 9.65. The number of sulfone groups is 2. The standard InChI is InChI=1S/C10H22O9S2/c1-3-20(16,17)10(21(18,19)4-2)9(15)8(14)7(13)6(12)5-11/h6-15H,3-5H2,1-2H3. The minimum atomic E-state index is -4.29. The molecule has 4 atom stereocenters. The van der Waals surface area contributed by atoms with E-state index in [0.717, 1.165) is 0 Å². The van der Waals surface area contributed by atoms with Crippen LogP contribution in [0.2, 0.25) is 0 Å². The Bertz CT molecular complexity index is 479. The van der Waals surface area contributed by atoms with E-state index in [1.54, 1.807) is 0 Å². The molecular formula is C10H22O9S2. The summed E-state index contributed by atoms with van der Waals surface area (Å²) < 4.78 is 45.2. The molecule has 4 unspecified atom stereocenters. The van der Waals surface area contributed by atoms with Crippen molar-refractivity contribution < 1.29 is 42.4 Å². The van der Waals surface area contributed by atoms with Gasteiger partial charge in [-0.25, -0.2) is 16.8 Å². The van der Waals surface area contributed by atoms with Crippen molar-refractivity contribution in [2.24, 2.45) is 0 Å². The largest absolute Gasteiger partial charge is 0.394 e. The summed E-state index contributed by atoms with van der Waals surface area (Å²) in [6.07, 6.45) is -8.59. The van der Waals surface area contributed by atoms with Crippen molar-refractivity contribution >= 4 is 19.7 Å². The normalized spacial score (nSPS) is 19.2. The molecule has 21 heavy (non-hydrogen) atoms. The van der Waals surface area contributed by atoms with Gasteiger partial charge in [0.15, 0.2) is 24.3 Å². The van der Waals surface area contributed by atoms with Gasteiger partial charge in [0.1, 0.15) is 24.4 Å². The summed E-state index contributed by atoms with van der Waals surface area (Å²) in [5.74, 6) is -1.20. The van der Waals surface area contributed by atoms with Crippen LogP contribution < -0.4 is 0 Å². The first-order valence-electron chi connectivity index (χ1n) is 6.22. The highest BCUT2D eigenvalue weighted by atomic mass is 32.3. The molecule has 0 aliphatic heterocycles. The molecule has 5 N–H and O–H groups in total. The smallest absolute Gasteiger partial charge is 0.191 e. The fourth-order valence-corrected chi connectivity index (χ4v) is 6.11. The van der Waals surface area contributed by atoms with Gasteiger partial charge in [-0.15, -0.1) is 0 Å². The Kier molecular flexibility index (Phi) is 7.70. The van der Waals surface area contributed by atoms with Crippen molar-refractivity contribution in [3.63, 3.8) is 0 Å². The van der Waals surface area contributed by atoms with Crippen LogP contribution in [0.15, 0.2) is 0 Å². The number of hydrogen-bond acceptors (Lipinski definition) is 9. The van der Waals surface area contributed by atoms with E-state index in [1.165, 1.54) is 13.8 Å². The van der Waals surface area contributed by atoms with Crippen LogP contribution >= 0.6 is 0 Å². The van der Waals surface area contributed by atoms with E-state index in [0.29, 0.717) is 0 Å². The highest BCUT2D eigenvalue weighted by molar-refractivity contribution is 8.09. The van der Waals surface area contributed by atoms with Gasteiger partial charge in [0.05, 0.1) is 6.61 Å². The van der Waals surface area contributed by atoms with Gasteiger partial charge in [-0.1, -0.05) is 13.8 Å².